The predicted molar refractivity (Wildman–Crippen MR) is 118 cm³/mol. The van der Waals surface area contributed by atoms with Crippen LogP contribution < -0.4 is 15.8 Å². The number of H-pyrrole nitrogens is 1. The molecular weight excluding hydrogens is 394 g/mol. The lowest BCUT2D eigenvalue weighted by atomic mass is 9.91. The Labute approximate surface area is 179 Å². The molecule has 0 aliphatic heterocycles. The molecule has 160 valence electrons. The summed E-state index contributed by atoms with van der Waals surface area (Å²) in [5, 5.41) is 8.63. The van der Waals surface area contributed by atoms with Gasteiger partial charge in [0.1, 0.15) is 22.7 Å². The van der Waals surface area contributed by atoms with E-state index < -0.39 is 0 Å². The monoisotopic (exact) mass is 419 g/mol. The number of rotatable bonds is 4. The van der Waals surface area contributed by atoms with E-state index in [2.05, 4.69) is 20.4 Å². The maximum atomic E-state index is 13.0. The van der Waals surface area contributed by atoms with Crippen LogP contribution in [0.1, 0.15) is 36.0 Å². The SMILES string of the molecule is COc1ccc2c(c1)c(-c1cnc3[nH]cc(C(=O)N[C@@H]4CCCC[C@@H]4N)c3n1)nn2C. The lowest BCUT2D eigenvalue weighted by molar-refractivity contribution is 0.0923. The van der Waals surface area contributed by atoms with Crippen molar-refractivity contribution in [1.29, 1.82) is 0 Å². The third-order valence-corrected chi connectivity index (χ3v) is 6.06. The molecule has 5 rings (SSSR count). The lowest BCUT2D eigenvalue weighted by Gasteiger charge is -2.29. The molecule has 1 amide bonds. The number of methoxy groups -OCH3 is 1. The smallest absolute Gasteiger partial charge is 0.255 e. The van der Waals surface area contributed by atoms with Gasteiger partial charge in [-0.1, -0.05) is 12.8 Å². The van der Waals surface area contributed by atoms with Crippen LogP contribution in [0.4, 0.5) is 0 Å². The molecule has 0 saturated heterocycles. The Bertz CT molecular complexity index is 1280. The van der Waals surface area contributed by atoms with Gasteiger partial charge >= 0.3 is 0 Å². The number of aryl methyl sites for hydroxylation is 1. The molecule has 1 aliphatic rings. The Balaban J connectivity index is 1.54. The van der Waals surface area contributed by atoms with Crippen LogP contribution >= 0.6 is 0 Å². The zero-order valence-electron chi connectivity index (χ0n) is 17.6. The largest absolute Gasteiger partial charge is 0.497 e. The van der Waals surface area contributed by atoms with Crippen LogP contribution in [0.2, 0.25) is 0 Å². The van der Waals surface area contributed by atoms with Crippen LogP contribution in [-0.2, 0) is 7.05 Å². The number of benzene rings is 1. The molecule has 0 spiro atoms. The third kappa shape index (κ3) is 3.40. The second-order valence-corrected chi connectivity index (χ2v) is 8.04. The Morgan fingerprint density at radius 3 is 2.97 bits per heavy atom. The van der Waals surface area contributed by atoms with Crippen molar-refractivity contribution in [2.24, 2.45) is 12.8 Å². The lowest BCUT2D eigenvalue weighted by Crippen LogP contribution is -2.49. The molecule has 9 nitrogen and oxygen atoms in total. The van der Waals surface area contributed by atoms with Gasteiger partial charge in [0.25, 0.3) is 5.91 Å². The van der Waals surface area contributed by atoms with E-state index in [-0.39, 0.29) is 18.0 Å². The molecule has 0 unspecified atom stereocenters. The Morgan fingerprint density at radius 1 is 1.32 bits per heavy atom. The molecule has 1 aromatic carbocycles. The van der Waals surface area contributed by atoms with Gasteiger partial charge in [0.2, 0.25) is 0 Å². The number of fused-ring (bicyclic) bond motifs is 2. The molecule has 4 aromatic rings. The highest BCUT2D eigenvalue weighted by Gasteiger charge is 2.25. The maximum Gasteiger partial charge on any atom is 0.255 e. The van der Waals surface area contributed by atoms with E-state index in [1.54, 1.807) is 24.2 Å². The normalized spacial score (nSPS) is 19.1. The fourth-order valence-corrected chi connectivity index (χ4v) is 4.32. The molecule has 0 radical (unpaired) electrons. The van der Waals surface area contributed by atoms with Crippen molar-refractivity contribution in [3.05, 3.63) is 36.2 Å². The molecule has 4 N–H and O–H groups in total. The number of hydrogen-bond donors (Lipinski definition) is 3. The van der Waals surface area contributed by atoms with Gasteiger partial charge in [-0.15, -0.1) is 0 Å². The topological polar surface area (TPSA) is 124 Å². The van der Waals surface area contributed by atoms with E-state index in [1.165, 1.54) is 0 Å². The summed E-state index contributed by atoms with van der Waals surface area (Å²) >= 11 is 0. The van der Waals surface area contributed by atoms with E-state index in [9.17, 15) is 4.79 Å². The first-order valence-electron chi connectivity index (χ1n) is 10.5. The zero-order valence-corrected chi connectivity index (χ0v) is 17.6. The van der Waals surface area contributed by atoms with Crippen molar-refractivity contribution >= 4 is 28.0 Å². The minimum absolute atomic E-state index is 0.0144. The number of aromatic nitrogens is 5. The summed E-state index contributed by atoms with van der Waals surface area (Å²) in [6.07, 6.45) is 7.33. The number of nitrogens with zero attached hydrogens (tertiary/aromatic N) is 4. The molecule has 3 heterocycles. The minimum Gasteiger partial charge on any atom is -0.497 e. The quantitative estimate of drug-likeness (QED) is 0.467. The standard InChI is InChI=1S/C22H25N7O2/c1-29-18-8-7-12(31-2)9-13(18)19(28-29)17-11-25-21-20(26-17)14(10-24-21)22(30)27-16-6-4-3-5-15(16)23/h7-11,15-16H,3-6,23H2,1-2H3,(H,24,25)(H,27,30)/t15-,16+/m0/s1. The molecule has 1 fully saturated rings. The number of carbonyl (C=O) groups excluding carboxylic acids is 1. The number of ether oxygens (including phenoxy) is 1. The first-order chi connectivity index (χ1) is 15.0. The van der Waals surface area contributed by atoms with E-state index in [4.69, 9.17) is 15.5 Å². The highest BCUT2D eigenvalue weighted by atomic mass is 16.5. The Hall–Kier alpha value is -3.46. The highest BCUT2D eigenvalue weighted by molar-refractivity contribution is 6.05. The number of aromatic amines is 1. The van der Waals surface area contributed by atoms with E-state index in [0.717, 1.165) is 42.3 Å². The van der Waals surface area contributed by atoms with Crippen molar-refractivity contribution in [3.63, 3.8) is 0 Å². The second-order valence-electron chi connectivity index (χ2n) is 8.04. The summed E-state index contributed by atoms with van der Waals surface area (Å²) in [5.41, 5.74) is 9.96. The fraction of sp³-hybridized carbons (Fsp3) is 0.364. The molecule has 2 atom stereocenters. The Morgan fingerprint density at radius 2 is 2.16 bits per heavy atom. The minimum atomic E-state index is -0.187. The second kappa shape index (κ2) is 7.66. The molecule has 1 saturated carbocycles. The van der Waals surface area contributed by atoms with E-state index in [0.29, 0.717) is 28.1 Å². The maximum absolute atomic E-state index is 13.0. The van der Waals surface area contributed by atoms with Crippen LogP contribution in [-0.4, -0.2) is 49.8 Å². The van der Waals surface area contributed by atoms with Gasteiger partial charge in [-0.25, -0.2) is 9.97 Å². The average molecular weight is 419 g/mol. The summed E-state index contributed by atoms with van der Waals surface area (Å²) in [6.45, 7) is 0. The van der Waals surface area contributed by atoms with Crippen LogP contribution in [0.25, 0.3) is 33.5 Å². The van der Waals surface area contributed by atoms with Gasteiger partial charge in [0.15, 0.2) is 5.65 Å². The van der Waals surface area contributed by atoms with Gasteiger partial charge in [0.05, 0.1) is 24.4 Å². The molecule has 1 aliphatic carbocycles. The third-order valence-electron chi connectivity index (χ3n) is 6.06. The number of carbonyl (C=O) groups is 1. The van der Waals surface area contributed by atoms with Crippen molar-refractivity contribution < 1.29 is 9.53 Å². The predicted octanol–water partition coefficient (Wildman–Crippen LogP) is 2.52. The number of hydrogen-bond acceptors (Lipinski definition) is 6. The van der Waals surface area contributed by atoms with Crippen molar-refractivity contribution in [2.75, 3.05) is 7.11 Å². The van der Waals surface area contributed by atoms with Gasteiger partial charge < -0.3 is 20.8 Å². The van der Waals surface area contributed by atoms with Gasteiger partial charge in [-0.2, -0.15) is 5.10 Å². The van der Waals surface area contributed by atoms with Crippen molar-refractivity contribution in [2.45, 2.75) is 37.8 Å². The van der Waals surface area contributed by atoms with Crippen LogP contribution in [0, 0.1) is 0 Å². The average Bonchev–Trinajstić information content (AvgIpc) is 3.35. The van der Waals surface area contributed by atoms with Gasteiger partial charge in [0, 0.05) is 30.7 Å². The zero-order chi connectivity index (χ0) is 21.5. The highest BCUT2D eigenvalue weighted by Crippen LogP contribution is 2.30. The van der Waals surface area contributed by atoms with Crippen LogP contribution in [0.15, 0.2) is 30.6 Å². The molecule has 31 heavy (non-hydrogen) atoms. The van der Waals surface area contributed by atoms with Crippen LogP contribution in [0.3, 0.4) is 0 Å². The number of amides is 1. The van der Waals surface area contributed by atoms with Gasteiger partial charge in [-0.05, 0) is 31.0 Å². The van der Waals surface area contributed by atoms with Gasteiger partial charge in [-0.3, -0.25) is 9.48 Å². The summed E-state index contributed by atoms with van der Waals surface area (Å²) in [6, 6.07) is 5.75. The summed E-state index contributed by atoms with van der Waals surface area (Å²) in [7, 11) is 3.51. The van der Waals surface area contributed by atoms with Crippen molar-refractivity contribution in [3.8, 4) is 17.1 Å². The first kappa shape index (κ1) is 19.5. The number of nitrogens with one attached hydrogen (secondary N) is 2. The first-order valence-corrected chi connectivity index (χ1v) is 10.5. The Kier molecular flexibility index (Phi) is 4.82. The molecule has 0 bridgehead atoms. The molecular formula is C22H25N7O2. The number of nitrogens with two attached hydrogens (primary N) is 1. The van der Waals surface area contributed by atoms with E-state index >= 15 is 0 Å². The summed E-state index contributed by atoms with van der Waals surface area (Å²) in [5.74, 6) is 0.550. The molecule has 9 heteroatoms. The van der Waals surface area contributed by atoms with E-state index in [1.807, 2.05) is 25.2 Å². The fourth-order valence-electron chi connectivity index (χ4n) is 4.32. The summed E-state index contributed by atoms with van der Waals surface area (Å²) in [4.78, 5) is 25.3. The van der Waals surface area contributed by atoms with Crippen LogP contribution in [0.5, 0.6) is 5.75 Å². The summed E-state index contributed by atoms with van der Waals surface area (Å²) < 4.78 is 7.17. The van der Waals surface area contributed by atoms with Crippen molar-refractivity contribution in [1.82, 2.24) is 30.0 Å². The molecule has 3 aromatic heterocycles.